The molecule has 7 nitrogen and oxygen atoms in total. The van der Waals surface area contributed by atoms with E-state index in [4.69, 9.17) is 0 Å². The van der Waals surface area contributed by atoms with Crippen LogP contribution in [0, 0.1) is 0 Å². The van der Waals surface area contributed by atoms with Crippen LogP contribution in [0.25, 0.3) is 0 Å². The van der Waals surface area contributed by atoms with Crippen LogP contribution in [0.2, 0.25) is 0 Å². The predicted molar refractivity (Wildman–Crippen MR) is 111 cm³/mol. The summed E-state index contributed by atoms with van der Waals surface area (Å²) < 4.78 is 9.12. The summed E-state index contributed by atoms with van der Waals surface area (Å²) in [5.41, 5.74) is 0.549. The fourth-order valence-electron chi connectivity index (χ4n) is 3.26. The minimum absolute atomic E-state index is 0.0638. The Kier molecular flexibility index (Phi) is 6.64. The average molecular weight is 408 g/mol. The van der Waals surface area contributed by atoms with Crippen molar-refractivity contribution < 1.29 is 23.7 Å². The molecule has 7 heteroatoms. The fourth-order valence-corrected chi connectivity index (χ4v) is 3.26. The number of allylic oxidation sites excluding steroid dienone is 1. The molecule has 0 aliphatic heterocycles. The van der Waals surface area contributed by atoms with E-state index in [1.807, 2.05) is 25.9 Å². The second kappa shape index (κ2) is 9.37. The maximum atomic E-state index is 13.4. The molecule has 1 aromatic heterocycles. The minimum Gasteiger partial charge on any atom is -0.306 e. The Hall–Kier alpha value is -3.45. The van der Waals surface area contributed by atoms with Crippen LogP contribution in [0.1, 0.15) is 45.3 Å². The van der Waals surface area contributed by atoms with Crippen LogP contribution < -0.4 is 0 Å². The topological polar surface area (TPSA) is 85.7 Å². The van der Waals surface area contributed by atoms with Gasteiger partial charge in [-0.3, -0.25) is 14.4 Å². The molecule has 0 aliphatic carbocycles. The van der Waals surface area contributed by atoms with Crippen LogP contribution in [0.5, 0.6) is 0 Å². The van der Waals surface area contributed by atoms with Gasteiger partial charge in [0.05, 0.1) is 10.5 Å². The zero-order valence-electron chi connectivity index (χ0n) is 17.2. The van der Waals surface area contributed by atoms with Gasteiger partial charge in [0, 0.05) is 22.7 Å². The third kappa shape index (κ3) is 4.75. The van der Waals surface area contributed by atoms with E-state index < -0.39 is 17.5 Å². The van der Waals surface area contributed by atoms with Gasteiger partial charge in [-0.15, -0.1) is 9.36 Å². The summed E-state index contributed by atoms with van der Waals surface area (Å²) in [6, 6.07) is 16.8. The molecular formula is C23H24N2O5. The van der Waals surface area contributed by atoms with E-state index in [2.05, 4.69) is 9.36 Å². The van der Waals surface area contributed by atoms with Crippen molar-refractivity contribution in [3.05, 3.63) is 82.9 Å². The van der Waals surface area contributed by atoms with Crippen LogP contribution in [0.3, 0.4) is 0 Å². The van der Waals surface area contributed by atoms with Gasteiger partial charge >= 0.3 is 5.91 Å². The monoisotopic (exact) mass is 408 g/mol. The highest BCUT2D eigenvalue weighted by molar-refractivity contribution is 6.33. The molecule has 1 atom stereocenters. The lowest BCUT2D eigenvalue weighted by Crippen LogP contribution is -2.31. The lowest BCUT2D eigenvalue weighted by atomic mass is 9.88. The van der Waals surface area contributed by atoms with Crippen molar-refractivity contribution in [2.75, 3.05) is 14.1 Å². The van der Waals surface area contributed by atoms with Crippen LogP contribution in [0.4, 0.5) is 0 Å². The van der Waals surface area contributed by atoms with Crippen LogP contribution in [-0.2, 0) is 0 Å². The summed E-state index contributed by atoms with van der Waals surface area (Å²) in [7, 11) is 3.77. The van der Waals surface area contributed by atoms with Crippen molar-refractivity contribution >= 4 is 17.5 Å². The second-order valence-electron chi connectivity index (χ2n) is 7.18. The van der Waals surface area contributed by atoms with Crippen molar-refractivity contribution in [1.29, 1.82) is 0 Å². The highest BCUT2D eigenvalue weighted by Gasteiger charge is 2.33. The molecule has 0 bridgehead atoms. The van der Waals surface area contributed by atoms with Gasteiger partial charge in [-0.25, -0.2) is 0 Å². The molecule has 3 rings (SSSR count). The van der Waals surface area contributed by atoms with Crippen LogP contribution in [0.15, 0.2) is 81.2 Å². The number of hydrogen-bond donors (Lipinski definition) is 0. The molecular weight excluding hydrogens is 384 g/mol. The van der Waals surface area contributed by atoms with Gasteiger partial charge < -0.3 is 4.90 Å². The SMILES string of the molecule is CCC(CC(C(=O)n1oo1)=C(C(=O)c1ccccc1)C(=O)c1ccccc1)N(C)C. The van der Waals surface area contributed by atoms with Gasteiger partial charge in [-0.05, 0) is 26.9 Å². The molecule has 156 valence electrons. The molecule has 0 saturated carbocycles. The number of hydrogen-bond acceptors (Lipinski definition) is 6. The lowest BCUT2D eigenvalue weighted by Gasteiger charge is -2.24. The summed E-state index contributed by atoms with van der Waals surface area (Å²) >= 11 is 0. The van der Waals surface area contributed by atoms with E-state index in [9.17, 15) is 14.4 Å². The molecule has 2 aromatic carbocycles. The molecule has 0 radical (unpaired) electrons. The van der Waals surface area contributed by atoms with E-state index in [1.165, 1.54) is 0 Å². The number of carbonyl (C=O) groups excluding carboxylic acids is 3. The Morgan fingerprint density at radius 1 is 0.867 bits per heavy atom. The summed E-state index contributed by atoms with van der Waals surface area (Å²) in [4.78, 5) is 42.5. The lowest BCUT2D eigenvalue weighted by molar-refractivity contribution is 0.0878. The second-order valence-corrected chi connectivity index (χ2v) is 7.18. The van der Waals surface area contributed by atoms with Crippen LogP contribution >= 0.6 is 0 Å². The van der Waals surface area contributed by atoms with E-state index in [-0.39, 0.29) is 23.6 Å². The molecule has 0 fully saturated rings. The molecule has 1 heterocycles. The van der Waals surface area contributed by atoms with Gasteiger partial charge in [0.25, 0.3) is 0 Å². The molecule has 0 N–H and O–H groups in total. The van der Waals surface area contributed by atoms with Crippen molar-refractivity contribution in [1.82, 2.24) is 9.81 Å². The fraction of sp³-hybridized carbons (Fsp3) is 0.261. The van der Waals surface area contributed by atoms with E-state index >= 15 is 0 Å². The zero-order chi connectivity index (χ0) is 21.7. The van der Waals surface area contributed by atoms with Gasteiger partial charge in [-0.1, -0.05) is 67.6 Å². The van der Waals surface area contributed by atoms with E-state index in [1.54, 1.807) is 60.7 Å². The quantitative estimate of drug-likeness (QED) is 0.174. The number of ketones is 2. The first-order valence-corrected chi connectivity index (χ1v) is 9.72. The summed E-state index contributed by atoms with van der Waals surface area (Å²) in [6.45, 7) is 1.98. The van der Waals surface area contributed by atoms with Crippen molar-refractivity contribution in [3.8, 4) is 0 Å². The molecule has 30 heavy (non-hydrogen) atoms. The first-order valence-electron chi connectivity index (χ1n) is 9.72. The maximum absolute atomic E-state index is 13.4. The number of aromatic nitrogens is 1. The highest BCUT2D eigenvalue weighted by atomic mass is 17.3. The number of Topliss-reactive ketones (excluding diaryl/α,β-unsaturated/α-hetero) is 2. The molecule has 0 amide bonds. The number of benzene rings is 2. The Labute approximate surface area is 174 Å². The molecule has 0 spiro atoms. The Morgan fingerprint density at radius 3 is 1.70 bits per heavy atom. The Morgan fingerprint density at radius 2 is 1.33 bits per heavy atom. The van der Waals surface area contributed by atoms with E-state index in [0.717, 1.165) is 6.42 Å². The third-order valence-electron chi connectivity index (χ3n) is 5.04. The maximum Gasteiger partial charge on any atom is 0.332 e. The first-order chi connectivity index (χ1) is 14.4. The molecule has 3 aromatic rings. The van der Waals surface area contributed by atoms with E-state index in [0.29, 0.717) is 16.0 Å². The van der Waals surface area contributed by atoms with Gasteiger partial charge in [0.2, 0.25) is 0 Å². The standard InChI is InChI=1S/C23H24N2O5/c1-4-18(24(2)3)15-19(23(28)25-29-30-25)20(21(26)16-11-7-5-8-12-16)22(27)17-13-9-6-10-14-17/h5-14,18H,4,15H2,1-3H3. The average Bonchev–Trinajstić information content (AvgIpc) is 3.62. The molecule has 0 aliphatic rings. The highest BCUT2D eigenvalue weighted by Crippen LogP contribution is 2.25. The first kappa shape index (κ1) is 21.3. The summed E-state index contributed by atoms with van der Waals surface area (Å²) in [5, 5.41) is 0. The smallest absolute Gasteiger partial charge is 0.306 e. The number of nitrogens with zero attached hydrogens (tertiary/aromatic N) is 2. The third-order valence-corrected chi connectivity index (χ3v) is 5.04. The zero-order valence-corrected chi connectivity index (χ0v) is 17.2. The van der Waals surface area contributed by atoms with Crippen molar-refractivity contribution in [2.24, 2.45) is 0 Å². The Bertz CT molecular complexity index is 976. The van der Waals surface area contributed by atoms with Crippen molar-refractivity contribution in [3.63, 3.8) is 0 Å². The minimum atomic E-state index is -0.654. The predicted octanol–water partition coefficient (Wildman–Crippen LogP) is 4.11. The normalized spacial score (nSPS) is 12.0. The molecule has 1 unspecified atom stereocenters. The summed E-state index contributed by atoms with van der Waals surface area (Å²) in [6.07, 6.45) is 0.913. The van der Waals surface area contributed by atoms with Gasteiger partial charge in [-0.2, -0.15) is 0 Å². The van der Waals surface area contributed by atoms with Crippen molar-refractivity contribution in [2.45, 2.75) is 25.8 Å². The number of carbonyl (C=O) groups is 3. The molecule has 0 saturated heterocycles. The largest absolute Gasteiger partial charge is 0.332 e. The van der Waals surface area contributed by atoms with Gasteiger partial charge in [0.1, 0.15) is 0 Å². The van der Waals surface area contributed by atoms with Gasteiger partial charge in [0.15, 0.2) is 11.6 Å². The number of rotatable bonds is 9. The van der Waals surface area contributed by atoms with Crippen LogP contribution in [-0.4, -0.2) is 47.4 Å². The summed E-state index contributed by atoms with van der Waals surface area (Å²) in [5.74, 6) is -1.68. The Balaban J connectivity index is 2.20.